The molecule has 0 radical (unpaired) electrons. The van der Waals surface area contributed by atoms with Crippen LogP contribution in [0, 0.1) is 6.92 Å². The zero-order valence-corrected chi connectivity index (χ0v) is 19.9. The fraction of sp³-hybridized carbons (Fsp3) is 0.385. The van der Waals surface area contributed by atoms with E-state index >= 15 is 0 Å². The molecule has 2 unspecified atom stereocenters. The van der Waals surface area contributed by atoms with E-state index in [0.717, 1.165) is 25.1 Å². The summed E-state index contributed by atoms with van der Waals surface area (Å²) in [4.78, 5) is 22.9. The van der Waals surface area contributed by atoms with Crippen molar-refractivity contribution in [2.45, 2.75) is 49.0 Å². The second-order valence-electron chi connectivity index (χ2n) is 8.41. The molecule has 2 aromatic carbocycles. The van der Waals surface area contributed by atoms with Gasteiger partial charge in [-0.05, 0) is 62.5 Å². The topological polar surface area (TPSA) is 87.1 Å². The average Bonchev–Trinajstić information content (AvgIpc) is 3.08. The van der Waals surface area contributed by atoms with Crippen molar-refractivity contribution < 1.29 is 24.5 Å². The molecule has 0 aliphatic carbocycles. The van der Waals surface area contributed by atoms with Crippen molar-refractivity contribution in [1.29, 1.82) is 0 Å². The highest BCUT2D eigenvalue weighted by Gasteiger charge is 2.28. The van der Waals surface area contributed by atoms with E-state index in [9.17, 15) is 9.59 Å². The van der Waals surface area contributed by atoms with Crippen molar-refractivity contribution in [3.63, 3.8) is 0 Å². The minimum Gasteiger partial charge on any atom is -0.478 e. The van der Waals surface area contributed by atoms with Crippen LogP contribution in [0.4, 0.5) is 0 Å². The molecule has 0 amide bonds. The smallest absolute Gasteiger partial charge is 0.328 e. The monoisotopic (exact) mass is 469 g/mol. The Morgan fingerprint density at radius 2 is 1.76 bits per heavy atom. The molecule has 2 heterocycles. The van der Waals surface area contributed by atoms with E-state index in [2.05, 4.69) is 61.3 Å². The Kier molecular flexibility index (Phi) is 9.11. The summed E-state index contributed by atoms with van der Waals surface area (Å²) in [7, 11) is 2.22. The number of hydrogen-bond acceptors (Lipinski definition) is 5. The number of benzene rings is 2. The van der Waals surface area contributed by atoms with Crippen LogP contribution in [0.1, 0.15) is 47.6 Å². The maximum absolute atomic E-state index is 9.55. The first-order valence-corrected chi connectivity index (χ1v) is 12.1. The molecular formula is C26H31NO5S. The first-order chi connectivity index (χ1) is 15.8. The number of carboxylic acids is 2. The van der Waals surface area contributed by atoms with Crippen molar-refractivity contribution >= 4 is 23.7 Å². The zero-order chi connectivity index (χ0) is 23.8. The molecule has 2 atom stereocenters. The van der Waals surface area contributed by atoms with Gasteiger partial charge in [-0.15, -0.1) is 11.8 Å². The van der Waals surface area contributed by atoms with Gasteiger partial charge in [0, 0.05) is 29.3 Å². The van der Waals surface area contributed by atoms with E-state index in [1.54, 1.807) is 0 Å². The Morgan fingerprint density at radius 1 is 1.03 bits per heavy atom. The van der Waals surface area contributed by atoms with E-state index in [-0.39, 0.29) is 6.10 Å². The van der Waals surface area contributed by atoms with Crippen LogP contribution < -0.4 is 0 Å². The van der Waals surface area contributed by atoms with Gasteiger partial charge in [0.15, 0.2) is 0 Å². The standard InChI is InChI=1S/C22H27NOS.C4H4O4/c1-16-9-10-21-20(14-16)22(19-8-4-3-6-17(19)15-25-21)24-18-7-5-12-23(2)13-11-18;5-3(6)1-2-4(7)8/h3-4,6,8-10,14,18,22H,5,7,11-13,15H2,1-2H3;1-2H,(H,5,6)(H,7,8)/b;2-1-. The van der Waals surface area contributed by atoms with E-state index in [4.69, 9.17) is 14.9 Å². The summed E-state index contributed by atoms with van der Waals surface area (Å²) in [6.07, 6.45) is 5.05. The summed E-state index contributed by atoms with van der Waals surface area (Å²) < 4.78 is 6.81. The molecule has 1 saturated heterocycles. The second kappa shape index (κ2) is 12.0. The fourth-order valence-electron chi connectivity index (χ4n) is 4.08. The van der Waals surface area contributed by atoms with Crippen LogP contribution >= 0.6 is 11.8 Å². The Balaban J connectivity index is 0.000000331. The molecule has 0 saturated carbocycles. The molecule has 7 heteroatoms. The fourth-order valence-corrected chi connectivity index (χ4v) is 5.15. The Bertz CT molecular complexity index is 990. The third kappa shape index (κ3) is 7.45. The molecule has 2 aliphatic rings. The molecule has 2 aliphatic heterocycles. The third-order valence-corrected chi connectivity index (χ3v) is 6.90. The van der Waals surface area contributed by atoms with Crippen LogP contribution in [0.15, 0.2) is 59.5 Å². The van der Waals surface area contributed by atoms with Crippen molar-refractivity contribution in [1.82, 2.24) is 4.90 Å². The molecule has 6 nitrogen and oxygen atoms in total. The summed E-state index contributed by atoms with van der Waals surface area (Å²) in [6, 6.07) is 15.7. The van der Waals surface area contributed by atoms with E-state index in [1.807, 2.05) is 11.8 Å². The van der Waals surface area contributed by atoms with Crippen LogP contribution in [0.25, 0.3) is 0 Å². The number of ether oxygens (including phenoxy) is 1. The molecule has 2 N–H and O–H groups in total. The quantitative estimate of drug-likeness (QED) is 0.616. The largest absolute Gasteiger partial charge is 0.478 e. The van der Waals surface area contributed by atoms with Gasteiger partial charge in [-0.25, -0.2) is 9.59 Å². The molecular weight excluding hydrogens is 438 g/mol. The molecule has 0 spiro atoms. The molecule has 4 rings (SSSR count). The maximum atomic E-state index is 9.55. The molecule has 0 bridgehead atoms. The normalized spacial score (nSPS) is 20.5. The van der Waals surface area contributed by atoms with Gasteiger partial charge in [0.1, 0.15) is 6.10 Å². The molecule has 176 valence electrons. The SMILES string of the molecule is Cc1ccc2c(c1)C(OC1CCCN(C)CC1)c1ccccc1CS2.O=C(O)/C=C\C(=O)O. The minimum absolute atomic E-state index is 0.0644. The number of carboxylic acid groups (broad SMARTS) is 2. The number of aryl methyl sites for hydroxylation is 1. The highest BCUT2D eigenvalue weighted by Crippen LogP contribution is 2.42. The average molecular weight is 470 g/mol. The summed E-state index contributed by atoms with van der Waals surface area (Å²) >= 11 is 1.94. The van der Waals surface area contributed by atoms with Crippen molar-refractivity contribution in [3.8, 4) is 0 Å². The van der Waals surface area contributed by atoms with Gasteiger partial charge >= 0.3 is 11.9 Å². The summed E-state index contributed by atoms with van der Waals surface area (Å²) in [5, 5.41) is 15.6. The van der Waals surface area contributed by atoms with Crippen LogP contribution in [0.3, 0.4) is 0 Å². The Labute approximate surface area is 199 Å². The number of aliphatic carboxylic acids is 2. The molecule has 1 fully saturated rings. The number of fused-ring (bicyclic) bond motifs is 2. The van der Waals surface area contributed by atoms with Gasteiger partial charge < -0.3 is 19.8 Å². The predicted octanol–water partition coefficient (Wildman–Crippen LogP) is 4.90. The van der Waals surface area contributed by atoms with Gasteiger partial charge in [-0.1, -0.05) is 42.0 Å². The van der Waals surface area contributed by atoms with Crippen LogP contribution in [-0.4, -0.2) is 53.3 Å². The number of nitrogens with zero attached hydrogens (tertiary/aromatic N) is 1. The number of carbonyl (C=O) groups is 2. The number of rotatable bonds is 4. The Hall–Kier alpha value is -2.61. The number of hydrogen-bond donors (Lipinski definition) is 2. The minimum atomic E-state index is -1.26. The van der Waals surface area contributed by atoms with Gasteiger partial charge in [0.05, 0.1) is 6.10 Å². The number of likely N-dealkylation sites (tertiary alicyclic amines) is 1. The van der Waals surface area contributed by atoms with Crippen molar-refractivity contribution in [3.05, 3.63) is 76.9 Å². The lowest BCUT2D eigenvalue weighted by Gasteiger charge is -2.26. The molecule has 0 aromatic heterocycles. The molecule has 33 heavy (non-hydrogen) atoms. The first kappa shape index (κ1) is 25.0. The highest BCUT2D eigenvalue weighted by atomic mass is 32.2. The lowest BCUT2D eigenvalue weighted by molar-refractivity contribution is -0.134. The van der Waals surface area contributed by atoms with Gasteiger partial charge in [0.2, 0.25) is 0 Å². The maximum Gasteiger partial charge on any atom is 0.328 e. The van der Waals surface area contributed by atoms with E-state index in [0.29, 0.717) is 18.3 Å². The van der Waals surface area contributed by atoms with Gasteiger partial charge in [-0.2, -0.15) is 0 Å². The number of thioether (sulfide) groups is 1. The van der Waals surface area contributed by atoms with Crippen LogP contribution in [0.2, 0.25) is 0 Å². The lowest BCUT2D eigenvalue weighted by atomic mass is 9.96. The van der Waals surface area contributed by atoms with Gasteiger partial charge in [0.25, 0.3) is 0 Å². The second-order valence-corrected chi connectivity index (χ2v) is 9.43. The lowest BCUT2D eigenvalue weighted by Crippen LogP contribution is -2.22. The summed E-state index contributed by atoms with van der Waals surface area (Å²) in [5.41, 5.74) is 5.44. The first-order valence-electron chi connectivity index (χ1n) is 11.1. The Morgan fingerprint density at radius 3 is 2.48 bits per heavy atom. The van der Waals surface area contributed by atoms with Crippen molar-refractivity contribution in [2.24, 2.45) is 0 Å². The van der Waals surface area contributed by atoms with Crippen LogP contribution in [0.5, 0.6) is 0 Å². The van der Waals surface area contributed by atoms with Gasteiger partial charge in [-0.3, -0.25) is 0 Å². The summed E-state index contributed by atoms with van der Waals surface area (Å²) in [5.74, 6) is -1.49. The van der Waals surface area contributed by atoms with Crippen molar-refractivity contribution in [2.75, 3.05) is 20.1 Å². The third-order valence-electron chi connectivity index (χ3n) is 5.76. The predicted molar refractivity (Wildman–Crippen MR) is 130 cm³/mol. The zero-order valence-electron chi connectivity index (χ0n) is 19.1. The van der Waals surface area contributed by atoms with Crippen LogP contribution in [-0.2, 0) is 20.1 Å². The highest BCUT2D eigenvalue weighted by molar-refractivity contribution is 7.98. The van der Waals surface area contributed by atoms with E-state index in [1.165, 1.54) is 40.1 Å². The summed E-state index contributed by atoms with van der Waals surface area (Å²) in [6.45, 7) is 4.50. The van der Waals surface area contributed by atoms with E-state index < -0.39 is 11.9 Å². The molecule has 2 aromatic rings.